The molecule has 2 aromatic rings. The summed E-state index contributed by atoms with van der Waals surface area (Å²) in [5.41, 5.74) is 1.80. The Labute approximate surface area is 153 Å². The molecule has 26 heavy (non-hydrogen) atoms. The van der Waals surface area contributed by atoms with Crippen LogP contribution in [0.3, 0.4) is 0 Å². The number of likely N-dealkylation sites (tertiary alicyclic amines) is 1. The number of nitrogens with zero attached hydrogens (tertiary/aromatic N) is 3. The molecule has 1 saturated heterocycles. The number of nitrogens with one attached hydrogen (secondary N) is 1. The van der Waals surface area contributed by atoms with Gasteiger partial charge in [0.15, 0.2) is 0 Å². The van der Waals surface area contributed by atoms with Crippen LogP contribution in [-0.2, 0) is 14.8 Å². The molecule has 1 fully saturated rings. The van der Waals surface area contributed by atoms with E-state index in [4.69, 9.17) is 0 Å². The van der Waals surface area contributed by atoms with Gasteiger partial charge in [0.2, 0.25) is 15.9 Å². The molecule has 0 unspecified atom stereocenters. The number of para-hydroxylation sites is 1. The van der Waals surface area contributed by atoms with Gasteiger partial charge >= 0.3 is 0 Å². The Morgan fingerprint density at radius 3 is 2.58 bits per heavy atom. The number of rotatable bonds is 5. The Morgan fingerprint density at radius 1 is 1.23 bits per heavy atom. The van der Waals surface area contributed by atoms with Crippen LogP contribution < -0.4 is 4.72 Å². The fourth-order valence-corrected chi connectivity index (χ4v) is 3.78. The van der Waals surface area contributed by atoms with Gasteiger partial charge in [0.1, 0.15) is 0 Å². The van der Waals surface area contributed by atoms with Crippen LogP contribution in [0.2, 0.25) is 0 Å². The average molecular weight is 374 g/mol. The zero-order valence-corrected chi connectivity index (χ0v) is 15.4. The SMILES string of the molecule is CS(=O)(=O)NC1CCN(C(=O)/C=C/c2cnn(-c3ccccc3)c2)CC1. The minimum Gasteiger partial charge on any atom is -0.339 e. The first-order valence-corrected chi connectivity index (χ1v) is 10.3. The normalized spacial score (nSPS) is 16.3. The zero-order valence-electron chi connectivity index (χ0n) is 14.6. The Balaban J connectivity index is 1.55. The van der Waals surface area contributed by atoms with E-state index in [1.807, 2.05) is 36.5 Å². The molecule has 0 atom stereocenters. The fourth-order valence-electron chi connectivity index (χ4n) is 2.94. The van der Waals surface area contributed by atoms with Crippen molar-refractivity contribution in [1.29, 1.82) is 0 Å². The number of benzene rings is 1. The van der Waals surface area contributed by atoms with Gasteiger partial charge in [-0.25, -0.2) is 17.8 Å². The smallest absolute Gasteiger partial charge is 0.246 e. The maximum Gasteiger partial charge on any atom is 0.246 e. The molecular weight excluding hydrogens is 352 g/mol. The van der Waals surface area contributed by atoms with Gasteiger partial charge in [-0.05, 0) is 31.1 Å². The molecule has 0 bridgehead atoms. The highest BCUT2D eigenvalue weighted by Crippen LogP contribution is 2.13. The van der Waals surface area contributed by atoms with Crippen molar-refractivity contribution in [2.75, 3.05) is 19.3 Å². The monoisotopic (exact) mass is 374 g/mol. The minimum atomic E-state index is -3.21. The number of amides is 1. The number of carbonyl (C=O) groups excluding carboxylic acids is 1. The molecule has 1 amide bonds. The second-order valence-electron chi connectivity index (χ2n) is 6.38. The summed E-state index contributed by atoms with van der Waals surface area (Å²) in [5.74, 6) is -0.0738. The molecule has 1 aromatic carbocycles. The topological polar surface area (TPSA) is 84.3 Å². The molecule has 0 radical (unpaired) electrons. The van der Waals surface area contributed by atoms with Crippen molar-refractivity contribution in [3.8, 4) is 5.69 Å². The van der Waals surface area contributed by atoms with E-state index in [2.05, 4.69) is 9.82 Å². The van der Waals surface area contributed by atoms with E-state index in [9.17, 15) is 13.2 Å². The lowest BCUT2D eigenvalue weighted by Crippen LogP contribution is -2.45. The summed E-state index contributed by atoms with van der Waals surface area (Å²) in [5, 5.41) is 4.30. The van der Waals surface area contributed by atoms with E-state index >= 15 is 0 Å². The van der Waals surface area contributed by atoms with Crippen molar-refractivity contribution >= 4 is 22.0 Å². The molecule has 7 nitrogen and oxygen atoms in total. The van der Waals surface area contributed by atoms with Crippen LogP contribution in [0.4, 0.5) is 0 Å². The van der Waals surface area contributed by atoms with Gasteiger partial charge in [-0.2, -0.15) is 5.10 Å². The van der Waals surface area contributed by atoms with E-state index in [-0.39, 0.29) is 11.9 Å². The molecule has 2 heterocycles. The molecule has 1 N–H and O–H groups in total. The Hall–Kier alpha value is -2.45. The maximum atomic E-state index is 12.3. The van der Waals surface area contributed by atoms with Gasteiger partial charge in [0.05, 0.1) is 18.1 Å². The number of piperidine rings is 1. The lowest BCUT2D eigenvalue weighted by Gasteiger charge is -2.31. The first-order valence-electron chi connectivity index (χ1n) is 8.45. The summed E-state index contributed by atoms with van der Waals surface area (Å²) >= 11 is 0. The van der Waals surface area contributed by atoms with E-state index in [1.165, 1.54) is 6.08 Å². The van der Waals surface area contributed by atoms with Crippen LogP contribution in [0.5, 0.6) is 0 Å². The first-order chi connectivity index (χ1) is 12.4. The van der Waals surface area contributed by atoms with Gasteiger partial charge in [-0.1, -0.05) is 18.2 Å². The van der Waals surface area contributed by atoms with Crippen molar-refractivity contribution < 1.29 is 13.2 Å². The van der Waals surface area contributed by atoms with Gasteiger partial charge in [0, 0.05) is 37.0 Å². The highest BCUT2D eigenvalue weighted by Gasteiger charge is 2.23. The number of sulfonamides is 1. The summed E-state index contributed by atoms with van der Waals surface area (Å²) in [7, 11) is -3.21. The summed E-state index contributed by atoms with van der Waals surface area (Å²) in [4.78, 5) is 14.0. The number of hydrogen-bond acceptors (Lipinski definition) is 4. The highest BCUT2D eigenvalue weighted by atomic mass is 32.2. The molecule has 138 valence electrons. The van der Waals surface area contributed by atoms with Crippen LogP contribution in [-0.4, -0.2) is 54.4 Å². The third kappa shape index (κ3) is 5.03. The van der Waals surface area contributed by atoms with Crippen molar-refractivity contribution in [2.45, 2.75) is 18.9 Å². The first kappa shape index (κ1) is 18.3. The van der Waals surface area contributed by atoms with Crippen LogP contribution in [0, 0.1) is 0 Å². The number of aromatic nitrogens is 2. The fraction of sp³-hybridized carbons (Fsp3) is 0.333. The lowest BCUT2D eigenvalue weighted by atomic mass is 10.1. The minimum absolute atomic E-state index is 0.0738. The summed E-state index contributed by atoms with van der Waals surface area (Å²) in [6.07, 6.45) is 9.26. The van der Waals surface area contributed by atoms with E-state index < -0.39 is 10.0 Å². The maximum absolute atomic E-state index is 12.3. The molecule has 3 rings (SSSR count). The molecule has 1 aliphatic rings. The summed E-state index contributed by atoms with van der Waals surface area (Å²) in [6, 6.07) is 9.65. The summed E-state index contributed by atoms with van der Waals surface area (Å²) in [6.45, 7) is 1.08. The second kappa shape index (κ2) is 7.84. The average Bonchev–Trinajstić information content (AvgIpc) is 3.09. The molecular formula is C18H22N4O3S. The van der Waals surface area contributed by atoms with Crippen molar-refractivity contribution in [3.05, 3.63) is 54.4 Å². The number of hydrogen-bond donors (Lipinski definition) is 1. The molecule has 0 aliphatic carbocycles. The Morgan fingerprint density at radius 2 is 1.92 bits per heavy atom. The molecule has 1 aliphatic heterocycles. The molecule has 0 saturated carbocycles. The van der Waals surface area contributed by atoms with Crippen LogP contribution >= 0.6 is 0 Å². The lowest BCUT2D eigenvalue weighted by molar-refractivity contribution is -0.126. The predicted molar refractivity (Wildman–Crippen MR) is 100 cm³/mol. The molecule has 8 heteroatoms. The zero-order chi connectivity index (χ0) is 18.6. The quantitative estimate of drug-likeness (QED) is 0.803. The van der Waals surface area contributed by atoms with Crippen molar-refractivity contribution in [3.63, 3.8) is 0 Å². The second-order valence-corrected chi connectivity index (χ2v) is 8.16. The predicted octanol–water partition coefficient (Wildman–Crippen LogP) is 1.43. The Bertz CT molecular complexity index is 882. The van der Waals surface area contributed by atoms with E-state index in [0.717, 1.165) is 17.5 Å². The van der Waals surface area contributed by atoms with Crippen LogP contribution in [0.25, 0.3) is 11.8 Å². The van der Waals surface area contributed by atoms with Crippen molar-refractivity contribution in [2.24, 2.45) is 0 Å². The standard InChI is InChI=1S/C18H22N4O3S/c1-26(24,25)20-16-9-11-21(12-10-16)18(23)8-7-15-13-19-22(14-15)17-5-3-2-4-6-17/h2-8,13-14,16,20H,9-12H2,1H3/b8-7+. The van der Waals surface area contributed by atoms with E-state index in [1.54, 1.807) is 21.9 Å². The molecule has 0 spiro atoms. The van der Waals surface area contributed by atoms with Gasteiger partial charge in [-0.15, -0.1) is 0 Å². The van der Waals surface area contributed by atoms with Crippen LogP contribution in [0.1, 0.15) is 18.4 Å². The van der Waals surface area contributed by atoms with Gasteiger partial charge in [0.25, 0.3) is 0 Å². The largest absolute Gasteiger partial charge is 0.339 e. The summed E-state index contributed by atoms with van der Waals surface area (Å²) < 4.78 is 26.9. The third-order valence-corrected chi connectivity index (χ3v) is 4.99. The van der Waals surface area contributed by atoms with Crippen molar-refractivity contribution in [1.82, 2.24) is 19.4 Å². The van der Waals surface area contributed by atoms with Crippen LogP contribution in [0.15, 0.2) is 48.8 Å². The third-order valence-electron chi connectivity index (χ3n) is 4.23. The number of carbonyl (C=O) groups is 1. The Kier molecular flexibility index (Phi) is 5.53. The molecule has 1 aromatic heterocycles. The highest BCUT2D eigenvalue weighted by molar-refractivity contribution is 7.88. The van der Waals surface area contributed by atoms with Gasteiger partial charge < -0.3 is 4.90 Å². The van der Waals surface area contributed by atoms with E-state index in [0.29, 0.717) is 25.9 Å². The van der Waals surface area contributed by atoms with Gasteiger partial charge in [-0.3, -0.25) is 4.79 Å².